The number of anilines is 1. The molecule has 1 aliphatic rings. The number of aryl methyl sites for hydroxylation is 2. The number of thiazole rings is 1. The molecule has 0 unspecified atom stereocenters. The van der Waals surface area contributed by atoms with Crippen LogP contribution >= 0.6 is 11.3 Å². The van der Waals surface area contributed by atoms with Gasteiger partial charge < -0.3 is 4.90 Å². The molecule has 1 aromatic heterocycles. The monoisotopic (exact) mass is 433 g/mol. The number of aromatic nitrogens is 1. The van der Waals surface area contributed by atoms with Gasteiger partial charge in [0, 0.05) is 35.5 Å². The van der Waals surface area contributed by atoms with Gasteiger partial charge in [0.2, 0.25) is 5.91 Å². The molecular weight excluding hydrogens is 406 g/mol. The van der Waals surface area contributed by atoms with E-state index in [2.05, 4.69) is 41.5 Å². The van der Waals surface area contributed by atoms with Crippen molar-refractivity contribution >= 4 is 28.3 Å². The first kappa shape index (κ1) is 21.2. The Bertz CT molecular complexity index is 1090. The number of nitrogens with zero attached hydrogens (tertiary/aromatic N) is 2. The normalized spacial score (nSPS) is 13.6. The molecule has 1 aliphatic heterocycles. The third-order valence-electron chi connectivity index (χ3n) is 5.52. The predicted octanol–water partition coefficient (Wildman–Crippen LogP) is 5.45. The zero-order valence-electron chi connectivity index (χ0n) is 18.0. The first-order valence-corrected chi connectivity index (χ1v) is 11.6. The number of benzene rings is 2. The lowest BCUT2D eigenvalue weighted by atomic mass is 10.1. The Morgan fingerprint density at radius 3 is 2.68 bits per heavy atom. The fraction of sp³-hybridized carbons (Fsp3) is 0.320. The van der Waals surface area contributed by atoms with E-state index in [4.69, 9.17) is 0 Å². The van der Waals surface area contributed by atoms with Gasteiger partial charge in [-0.2, -0.15) is 0 Å². The van der Waals surface area contributed by atoms with Crippen LogP contribution in [0.3, 0.4) is 0 Å². The van der Waals surface area contributed by atoms with Crippen LogP contribution < -0.4 is 5.32 Å². The second-order valence-corrected chi connectivity index (χ2v) is 9.15. The Balaban J connectivity index is 1.46. The van der Waals surface area contributed by atoms with E-state index in [0.717, 1.165) is 47.5 Å². The van der Waals surface area contributed by atoms with Gasteiger partial charge in [-0.15, -0.1) is 11.3 Å². The molecule has 0 atom stereocenters. The van der Waals surface area contributed by atoms with Crippen LogP contribution in [0.2, 0.25) is 0 Å². The van der Waals surface area contributed by atoms with E-state index >= 15 is 0 Å². The van der Waals surface area contributed by atoms with Gasteiger partial charge in [-0.05, 0) is 43.0 Å². The lowest BCUT2D eigenvalue weighted by molar-refractivity contribution is -0.128. The Kier molecular flexibility index (Phi) is 6.47. The van der Waals surface area contributed by atoms with Gasteiger partial charge in [-0.1, -0.05) is 49.7 Å². The number of hydrogen-bond donors (Lipinski definition) is 1. The summed E-state index contributed by atoms with van der Waals surface area (Å²) in [5.41, 5.74) is 4.83. The summed E-state index contributed by atoms with van der Waals surface area (Å²) in [7, 11) is 0. The SMILES string of the molecule is CCCc1ccc(-c2nc(NC(=O)c3cccc(CN4CCCC4=O)c3)sc2C)cc1. The lowest BCUT2D eigenvalue weighted by Crippen LogP contribution is -2.24. The molecule has 0 radical (unpaired) electrons. The van der Waals surface area contributed by atoms with Gasteiger partial charge in [0.15, 0.2) is 5.13 Å². The molecule has 2 amide bonds. The Morgan fingerprint density at radius 1 is 1.16 bits per heavy atom. The molecule has 5 nitrogen and oxygen atoms in total. The highest BCUT2D eigenvalue weighted by Crippen LogP contribution is 2.31. The van der Waals surface area contributed by atoms with Crippen molar-refractivity contribution in [3.8, 4) is 11.3 Å². The Hall–Kier alpha value is -2.99. The number of likely N-dealkylation sites (tertiary alicyclic amines) is 1. The van der Waals surface area contributed by atoms with Gasteiger partial charge in [0.05, 0.1) is 5.69 Å². The quantitative estimate of drug-likeness (QED) is 0.539. The summed E-state index contributed by atoms with van der Waals surface area (Å²) in [5, 5.41) is 3.53. The smallest absolute Gasteiger partial charge is 0.257 e. The maximum Gasteiger partial charge on any atom is 0.257 e. The van der Waals surface area contributed by atoms with Crippen molar-refractivity contribution in [2.75, 3.05) is 11.9 Å². The van der Waals surface area contributed by atoms with E-state index in [1.54, 1.807) is 6.07 Å². The number of rotatable bonds is 7. The van der Waals surface area contributed by atoms with Crippen LogP contribution in [0.25, 0.3) is 11.3 Å². The third kappa shape index (κ3) is 5.02. The zero-order chi connectivity index (χ0) is 21.8. The Labute approximate surface area is 187 Å². The minimum absolute atomic E-state index is 0.184. The van der Waals surface area contributed by atoms with Gasteiger partial charge in [-0.25, -0.2) is 4.98 Å². The van der Waals surface area contributed by atoms with Crippen LogP contribution in [0.15, 0.2) is 48.5 Å². The van der Waals surface area contributed by atoms with Crippen molar-refractivity contribution in [1.29, 1.82) is 0 Å². The molecule has 6 heteroatoms. The number of carbonyl (C=O) groups is 2. The van der Waals surface area contributed by atoms with E-state index in [1.165, 1.54) is 16.9 Å². The second kappa shape index (κ2) is 9.43. The summed E-state index contributed by atoms with van der Waals surface area (Å²) >= 11 is 1.48. The summed E-state index contributed by atoms with van der Waals surface area (Å²) in [6, 6.07) is 16.0. The minimum atomic E-state index is -0.187. The average molecular weight is 434 g/mol. The summed E-state index contributed by atoms with van der Waals surface area (Å²) in [5.74, 6) is -0.00318. The highest BCUT2D eigenvalue weighted by molar-refractivity contribution is 7.16. The topological polar surface area (TPSA) is 62.3 Å². The van der Waals surface area contributed by atoms with Crippen molar-refractivity contribution in [1.82, 2.24) is 9.88 Å². The van der Waals surface area contributed by atoms with E-state index in [9.17, 15) is 9.59 Å². The van der Waals surface area contributed by atoms with E-state index < -0.39 is 0 Å². The van der Waals surface area contributed by atoms with Crippen molar-refractivity contribution in [3.63, 3.8) is 0 Å². The number of carbonyl (C=O) groups excluding carboxylic acids is 2. The molecule has 1 N–H and O–H groups in total. The molecule has 1 saturated heterocycles. The van der Waals surface area contributed by atoms with Crippen molar-refractivity contribution in [2.45, 2.75) is 46.1 Å². The first-order chi connectivity index (χ1) is 15.0. The summed E-state index contributed by atoms with van der Waals surface area (Å²) in [4.78, 5) is 32.3. The highest BCUT2D eigenvalue weighted by atomic mass is 32.1. The van der Waals surface area contributed by atoms with Gasteiger partial charge >= 0.3 is 0 Å². The predicted molar refractivity (Wildman–Crippen MR) is 125 cm³/mol. The third-order valence-corrected chi connectivity index (χ3v) is 6.40. The highest BCUT2D eigenvalue weighted by Gasteiger charge is 2.20. The maximum atomic E-state index is 12.8. The molecule has 1 fully saturated rings. The molecular formula is C25H27N3O2S. The van der Waals surface area contributed by atoms with Gasteiger partial charge in [-0.3, -0.25) is 14.9 Å². The van der Waals surface area contributed by atoms with Crippen LogP contribution in [0.5, 0.6) is 0 Å². The number of hydrogen-bond acceptors (Lipinski definition) is 4. The molecule has 2 aromatic carbocycles. The average Bonchev–Trinajstić information content (AvgIpc) is 3.34. The minimum Gasteiger partial charge on any atom is -0.338 e. The van der Waals surface area contributed by atoms with E-state index in [1.807, 2.05) is 30.0 Å². The van der Waals surface area contributed by atoms with Crippen molar-refractivity contribution in [2.24, 2.45) is 0 Å². The van der Waals surface area contributed by atoms with E-state index in [0.29, 0.717) is 23.7 Å². The number of amides is 2. The van der Waals surface area contributed by atoms with Crippen LogP contribution in [0, 0.1) is 6.92 Å². The lowest BCUT2D eigenvalue weighted by Gasteiger charge is -2.15. The van der Waals surface area contributed by atoms with Crippen LogP contribution in [0.1, 0.15) is 52.5 Å². The van der Waals surface area contributed by atoms with Crippen molar-refractivity contribution < 1.29 is 9.59 Å². The Morgan fingerprint density at radius 2 is 1.97 bits per heavy atom. The molecule has 0 aliphatic carbocycles. The molecule has 4 rings (SSSR count). The molecule has 160 valence electrons. The van der Waals surface area contributed by atoms with Gasteiger partial charge in [0.1, 0.15) is 0 Å². The van der Waals surface area contributed by atoms with Crippen LogP contribution in [-0.4, -0.2) is 28.2 Å². The zero-order valence-corrected chi connectivity index (χ0v) is 18.8. The fourth-order valence-electron chi connectivity index (χ4n) is 3.91. The summed E-state index contributed by atoms with van der Waals surface area (Å²) in [6.45, 7) is 5.54. The molecule has 31 heavy (non-hydrogen) atoms. The van der Waals surface area contributed by atoms with E-state index in [-0.39, 0.29) is 11.8 Å². The maximum absolute atomic E-state index is 12.8. The number of nitrogens with one attached hydrogen (secondary N) is 1. The van der Waals surface area contributed by atoms with Crippen LogP contribution in [-0.2, 0) is 17.8 Å². The standard InChI is InChI=1S/C25H27N3O2S/c1-3-6-18-10-12-20(13-11-18)23-17(2)31-25(26-23)27-24(30)21-8-4-7-19(15-21)16-28-14-5-9-22(28)29/h4,7-8,10-13,15H,3,5-6,9,14,16H2,1-2H3,(H,26,27,30). The molecule has 0 spiro atoms. The molecule has 0 bridgehead atoms. The fourth-order valence-corrected chi connectivity index (χ4v) is 4.74. The van der Waals surface area contributed by atoms with Crippen molar-refractivity contribution in [3.05, 3.63) is 70.1 Å². The van der Waals surface area contributed by atoms with Crippen LogP contribution in [0.4, 0.5) is 5.13 Å². The molecule has 3 aromatic rings. The summed E-state index contributed by atoms with van der Waals surface area (Å²) in [6.07, 6.45) is 3.72. The summed E-state index contributed by atoms with van der Waals surface area (Å²) < 4.78 is 0. The molecule has 2 heterocycles. The second-order valence-electron chi connectivity index (χ2n) is 7.94. The molecule has 0 saturated carbocycles. The first-order valence-electron chi connectivity index (χ1n) is 10.8. The largest absolute Gasteiger partial charge is 0.338 e. The van der Waals surface area contributed by atoms with Gasteiger partial charge in [0.25, 0.3) is 5.91 Å².